The predicted molar refractivity (Wildman–Crippen MR) is 93.7 cm³/mol. The molecule has 0 saturated heterocycles. The largest absolute Gasteiger partial charge is 0.462 e. The molecule has 7 atom stereocenters. The van der Waals surface area contributed by atoms with Gasteiger partial charge in [0.15, 0.2) is 5.78 Å². The van der Waals surface area contributed by atoms with Gasteiger partial charge in [0.05, 0.1) is 0 Å². The molecular formula is C21H30O4. The van der Waals surface area contributed by atoms with Gasteiger partial charge >= 0.3 is 5.97 Å². The molecule has 4 heteroatoms. The zero-order valence-electron chi connectivity index (χ0n) is 15.6. The zero-order valence-corrected chi connectivity index (χ0v) is 15.6. The van der Waals surface area contributed by atoms with Crippen LogP contribution in [0.5, 0.6) is 0 Å². The first-order valence-electron chi connectivity index (χ1n) is 9.85. The average molecular weight is 346 g/mol. The first-order valence-corrected chi connectivity index (χ1v) is 9.85. The van der Waals surface area contributed by atoms with Crippen molar-refractivity contribution in [2.24, 2.45) is 28.6 Å². The number of ether oxygens (including phenoxy) is 1. The highest BCUT2D eigenvalue weighted by Gasteiger charge is 2.61. The van der Waals surface area contributed by atoms with Gasteiger partial charge < -0.3 is 9.84 Å². The van der Waals surface area contributed by atoms with Crippen molar-refractivity contribution >= 4 is 11.8 Å². The van der Waals surface area contributed by atoms with Crippen LogP contribution in [0.15, 0.2) is 11.6 Å². The van der Waals surface area contributed by atoms with Crippen LogP contribution in [-0.4, -0.2) is 29.1 Å². The summed E-state index contributed by atoms with van der Waals surface area (Å²) in [4.78, 5) is 23.8. The van der Waals surface area contributed by atoms with Crippen molar-refractivity contribution in [2.45, 2.75) is 77.9 Å². The molecule has 0 amide bonds. The molecule has 0 aromatic carbocycles. The van der Waals surface area contributed by atoms with Gasteiger partial charge in [-0.2, -0.15) is 0 Å². The molecule has 1 N–H and O–H groups in total. The molecule has 0 unspecified atom stereocenters. The van der Waals surface area contributed by atoms with Crippen molar-refractivity contribution in [3.05, 3.63) is 11.6 Å². The molecule has 25 heavy (non-hydrogen) atoms. The van der Waals surface area contributed by atoms with Crippen LogP contribution >= 0.6 is 0 Å². The monoisotopic (exact) mass is 346 g/mol. The maximum Gasteiger partial charge on any atom is 0.302 e. The minimum atomic E-state index is -0.758. The van der Waals surface area contributed by atoms with Gasteiger partial charge in [-0.1, -0.05) is 25.5 Å². The Bertz CT molecular complexity index is 638. The summed E-state index contributed by atoms with van der Waals surface area (Å²) in [6.07, 6.45) is 8.11. The van der Waals surface area contributed by atoms with E-state index in [9.17, 15) is 14.7 Å². The van der Waals surface area contributed by atoms with Gasteiger partial charge in [-0.25, -0.2) is 0 Å². The molecule has 0 aliphatic heterocycles. The van der Waals surface area contributed by atoms with E-state index < -0.39 is 6.10 Å². The van der Waals surface area contributed by atoms with Crippen molar-refractivity contribution in [3.8, 4) is 0 Å². The van der Waals surface area contributed by atoms with Crippen LogP contribution < -0.4 is 0 Å². The highest BCUT2D eigenvalue weighted by atomic mass is 16.5. The zero-order chi connectivity index (χ0) is 18.0. The third-order valence-electron chi connectivity index (χ3n) is 8.12. The third kappa shape index (κ3) is 2.43. The van der Waals surface area contributed by atoms with E-state index in [-0.39, 0.29) is 28.7 Å². The van der Waals surface area contributed by atoms with Crippen LogP contribution in [0.2, 0.25) is 0 Å². The lowest BCUT2D eigenvalue weighted by atomic mass is 9.48. The van der Waals surface area contributed by atoms with Gasteiger partial charge in [0.2, 0.25) is 0 Å². The van der Waals surface area contributed by atoms with Gasteiger partial charge in [-0.3, -0.25) is 9.59 Å². The normalized spacial score (nSPS) is 48.9. The van der Waals surface area contributed by atoms with Crippen molar-refractivity contribution in [1.82, 2.24) is 0 Å². The standard InChI is InChI=1S/C21H30O4/c1-12(22)25-14-6-8-20(2)13(10-14)4-5-15-16(20)7-9-21(3)17(15)11-18(23)19(21)24/h4,14-18,23H,5-11H2,1-3H3/t14-,15+,16-,17-,18-,20-,21-/m0/s1. The van der Waals surface area contributed by atoms with E-state index in [0.29, 0.717) is 24.2 Å². The van der Waals surface area contributed by atoms with Gasteiger partial charge in [0, 0.05) is 18.8 Å². The summed E-state index contributed by atoms with van der Waals surface area (Å²) in [6.45, 7) is 5.96. The fraction of sp³-hybridized carbons (Fsp3) is 0.810. The molecule has 3 saturated carbocycles. The third-order valence-corrected chi connectivity index (χ3v) is 8.12. The summed E-state index contributed by atoms with van der Waals surface area (Å²) in [6, 6.07) is 0. The summed E-state index contributed by atoms with van der Waals surface area (Å²) in [5.74, 6) is 1.29. The average Bonchev–Trinajstić information content (AvgIpc) is 2.78. The van der Waals surface area contributed by atoms with Crippen molar-refractivity contribution in [3.63, 3.8) is 0 Å². The van der Waals surface area contributed by atoms with E-state index in [1.165, 1.54) is 12.5 Å². The molecule has 4 aliphatic rings. The summed E-state index contributed by atoms with van der Waals surface area (Å²) in [5.41, 5.74) is 1.30. The molecule has 0 bridgehead atoms. The Labute approximate surface area is 150 Å². The second-order valence-corrected chi connectivity index (χ2v) is 9.31. The molecule has 0 radical (unpaired) electrons. The Morgan fingerprint density at radius 1 is 1.20 bits per heavy atom. The summed E-state index contributed by atoms with van der Waals surface area (Å²) >= 11 is 0. The Kier molecular flexibility index (Phi) is 3.91. The number of carbonyl (C=O) groups is 2. The number of carbonyl (C=O) groups excluding carboxylic acids is 2. The molecule has 138 valence electrons. The Morgan fingerprint density at radius 2 is 1.92 bits per heavy atom. The Morgan fingerprint density at radius 3 is 2.64 bits per heavy atom. The van der Waals surface area contributed by atoms with Gasteiger partial charge in [-0.15, -0.1) is 0 Å². The number of aliphatic hydroxyl groups is 1. The fourth-order valence-corrected chi connectivity index (χ4v) is 6.75. The quantitative estimate of drug-likeness (QED) is 0.584. The smallest absolute Gasteiger partial charge is 0.302 e. The number of esters is 1. The number of allylic oxidation sites excluding steroid dienone is 1. The summed E-state index contributed by atoms with van der Waals surface area (Å²) < 4.78 is 5.48. The minimum absolute atomic E-state index is 0.0251. The maximum absolute atomic E-state index is 12.5. The maximum atomic E-state index is 12.5. The molecule has 4 aliphatic carbocycles. The lowest BCUT2D eigenvalue weighted by Gasteiger charge is -2.56. The highest BCUT2D eigenvalue weighted by Crippen LogP contribution is 2.64. The second kappa shape index (κ2) is 5.67. The van der Waals surface area contributed by atoms with Crippen LogP contribution in [0.1, 0.15) is 65.7 Å². The van der Waals surface area contributed by atoms with Crippen LogP contribution in [0.25, 0.3) is 0 Å². The number of Topliss-reactive ketones (excluding diaryl/α,β-unsaturated/α-hetero) is 1. The van der Waals surface area contributed by atoms with E-state index in [1.807, 2.05) is 0 Å². The fourth-order valence-electron chi connectivity index (χ4n) is 6.75. The van der Waals surface area contributed by atoms with Gasteiger partial charge in [0.1, 0.15) is 12.2 Å². The number of aliphatic hydroxyl groups excluding tert-OH is 1. The van der Waals surface area contributed by atoms with E-state index in [4.69, 9.17) is 4.74 Å². The first kappa shape index (κ1) is 17.3. The van der Waals surface area contributed by atoms with E-state index in [1.54, 1.807) is 0 Å². The van der Waals surface area contributed by atoms with Gasteiger partial charge in [-0.05, 0) is 61.7 Å². The van der Waals surface area contributed by atoms with Crippen LogP contribution in [0, 0.1) is 28.6 Å². The van der Waals surface area contributed by atoms with Gasteiger partial charge in [0.25, 0.3) is 0 Å². The number of ketones is 1. The predicted octanol–water partition coefficient (Wildman–Crippen LogP) is 3.42. The molecule has 0 spiro atoms. The first-order chi connectivity index (χ1) is 11.8. The minimum Gasteiger partial charge on any atom is -0.462 e. The molecule has 3 fully saturated rings. The van der Waals surface area contributed by atoms with Crippen molar-refractivity contribution in [1.29, 1.82) is 0 Å². The second-order valence-electron chi connectivity index (χ2n) is 9.31. The molecule has 4 rings (SSSR count). The molecule has 0 aromatic rings. The molecule has 0 heterocycles. The van der Waals surface area contributed by atoms with Crippen molar-refractivity contribution < 1.29 is 19.4 Å². The molecule has 0 aromatic heterocycles. The summed E-state index contributed by atoms with van der Waals surface area (Å²) in [7, 11) is 0. The topological polar surface area (TPSA) is 63.6 Å². The lowest BCUT2D eigenvalue weighted by Crippen LogP contribution is -2.50. The van der Waals surface area contributed by atoms with Crippen LogP contribution in [-0.2, 0) is 14.3 Å². The molecule has 4 nitrogen and oxygen atoms in total. The SMILES string of the molecule is CC(=O)O[C@H]1CC[C@@]2(C)C(=CC[C@@H]3[C@@H]2CC[C@]2(C)C(=O)[C@@H](O)C[C@@H]32)C1. The van der Waals surface area contributed by atoms with E-state index >= 15 is 0 Å². The van der Waals surface area contributed by atoms with Crippen LogP contribution in [0.4, 0.5) is 0 Å². The molecular weight excluding hydrogens is 316 g/mol. The lowest BCUT2D eigenvalue weighted by molar-refractivity contribution is -0.148. The number of hydrogen-bond acceptors (Lipinski definition) is 4. The Balaban J connectivity index is 1.61. The number of rotatable bonds is 1. The number of hydrogen-bond donors (Lipinski definition) is 1. The summed E-state index contributed by atoms with van der Waals surface area (Å²) in [5, 5.41) is 10.2. The highest BCUT2D eigenvalue weighted by molar-refractivity contribution is 5.91. The number of fused-ring (bicyclic) bond motifs is 5. The van der Waals surface area contributed by atoms with E-state index in [2.05, 4.69) is 19.9 Å². The Hall–Kier alpha value is -1.16. The van der Waals surface area contributed by atoms with E-state index in [0.717, 1.165) is 38.5 Å². The van der Waals surface area contributed by atoms with Crippen LogP contribution in [0.3, 0.4) is 0 Å². The van der Waals surface area contributed by atoms with Crippen molar-refractivity contribution in [2.75, 3.05) is 0 Å².